The first-order valence-electron chi connectivity index (χ1n) is 6.87. The zero-order chi connectivity index (χ0) is 15.1. The van der Waals surface area contributed by atoms with Gasteiger partial charge in [0.25, 0.3) is 5.91 Å². The van der Waals surface area contributed by atoms with Gasteiger partial charge in [0.2, 0.25) is 11.8 Å². The summed E-state index contributed by atoms with van der Waals surface area (Å²) in [7, 11) is 0. The molecule has 0 radical (unpaired) electrons. The summed E-state index contributed by atoms with van der Waals surface area (Å²) in [6.07, 6.45) is 0.513. The molecule has 0 unspecified atom stereocenters. The largest absolute Gasteiger partial charge is 0.334 e. The Labute approximate surface area is 121 Å². The fraction of sp³-hybridized carbons (Fsp3) is 0.400. The van der Waals surface area contributed by atoms with Gasteiger partial charge < -0.3 is 4.90 Å². The Hall–Kier alpha value is -2.24. The van der Waals surface area contributed by atoms with E-state index < -0.39 is 5.82 Å². The summed E-state index contributed by atoms with van der Waals surface area (Å²) in [5.41, 5.74) is 0.775. The zero-order valence-corrected chi connectivity index (χ0v) is 11.6. The van der Waals surface area contributed by atoms with Crippen LogP contribution in [0.15, 0.2) is 18.2 Å². The Morgan fingerprint density at radius 3 is 2.38 bits per heavy atom. The zero-order valence-electron chi connectivity index (χ0n) is 11.6. The third-order valence-corrected chi connectivity index (χ3v) is 4.02. The lowest BCUT2D eigenvalue weighted by molar-refractivity contribution is -0.144. The van der Waals surface area contributed by atoms with Crippen molar-refractivity contribution < 1.29 is 18.8 Å². The molecule has 0 aromatic heterocycles. The number of halogens is 1. The molecule has 0 spiro atoms. The lowest BCUT2D eigenvalue weighted by Crippen LogP contribution is -2.62. The van der Waals surface area contributed by atoms with Crippen molar-refractivity contribution in [3.8, 4) is 0 Å². The molecule has 2 heterocycles. The number of likely N-dealkylation sites (tertiary alicyclic amines) is 2. The number of amides is 3. The molecule has 3 amide bonds. The fourth-order valence-corrected chi connectivity index (χ4v) is 2.69. The maximum absolute atomic E-state index is 13.5. The first-order valence-corrected chi connectivity index (χ1v) is 6.87. The molecule has 2 fully saturated rings. The summed E-state index contributed by atoms with van der Waals surface area (Å²) in [6.45, 7) is 2.28. The Morgan fingerprint density at radius 1 is 1.19 bits per heavy atom. The number of carbonyl (C=O) groups is 3. The van der Waals surface area contributed by atoms with Gasteiger partial charge in [-0.2, -0.15) is 0 Å². The summed E-state index contributed by atoms with van der Waals surface area (Å²) < 4.78 is 13.5. The first kappa shape index (κ1) is 13.7. The van der Waals surface area contributed by atoms with E-state index in [2.05, 4.69) is 0 Å². The molecule has 2 aliphatic rings. The van der Waals surface area contributed by atoms with Crippen LogP contribution in [0.25, 0.3) is 0 Å². The van der Waals surface area contributed by atoms with E-state index >= 15 is 0 Å². The van der Waals surface area contributed by atoms with Crippen LogP contribution in [-0.2, 0) is 9.59 Å². The quantitative estimate of drug-likeness (QED) is 0.767. The third kappa shape index (κ3) is 2.30. The predicted molar refractivity (Wildman–Crippen MR) is 71.9 cm³/mol. The molecule has 0 bridgehead atoms. The fourth-order valence-electron chi connectivity index (χ4n) is 2.69. The van der Waals surface area contributed by atoms with Gasteiger partial charge in [0.1, 0.15) is 5.82 Å². The smallest absolute Gasteiger partial charge is 0.254 e. The summed E-state index contributed by atoms with van der Waals surface area (Å²) in [5.74, 6) is -1.02. The van der Waals surface area contributed by atoms with Gasteiger partial charge in [-0.05, 0) is 24.6 Å². The van der Waals surface area contributed by atoms with Crippen molar-refractivity contribution in [3.63, 3.8) is 0 Å². The Morgan fingerprint density at radius 2 is 1.81 bits per heavy atom. The van der Waals surface area contributed by atoms with Crippen molar-refractivity contribution in [3.05, 3.63) is 35.1 Å². The highest BCUT2D eigenvalue weighted by molar-refractivity contribution is 6.03. The summed E-state index contributed by atoms with van der Waals surface area (Å²) in [6, 6.07) is 4.14. The number of imide groups is 1. The molecular weight excluding hydrogens is 275 g/mol. The monoisotopic (exact) mass is 290 g/mol. The van der Waals surface area contributed by atoms with Gasteiger partial charge in [0, 0.05) is 31.5 Å². The maximum Gasteiger partial charge on any atom is 0.254 e. The summed E-state index contributed by atoms with van der Waals surface area (Å²) >= 11 is 0. The van der Waals surface area contributed by atoms with Crippen molar-refractivity contribution in [2.75, 3.05) is 13.1 Å². The highest BCUT2D eigenvalue weighted by Crippen LogP contribution is 2.24. The summed E-state index contributed by atoms with van der Waals surface area (Å²) in [4.78, 5) is 38.2. The molecule has 0 aliphatic carbocycles. The van der Waals surface area contributed by atoms with E-state index in [4.69, 9.17) is 0 Å². The van der Waals surface area contributed by atoms with E-state index in [0.717, 1.165) is 0 Å². The number of nitrogens with zero attached hydrogens (tertiary/aromatic N) is 2. The number of carbonyl (C=O) groups excluding carboxylic acids is 3. The second-order valence-electron chi connectivity index (χ2n) is 5.49. The van der Waals surface area contributed by atoms with Gasteiger partial charge in [-0.15, -0.1) is 0 Å². The molecule has 0 atom stereocenters. The molecule has 0 N–H and O–H groups in total. The van der Waals surface area contributed by atoms with Crippen molar-refractivity contribution in [1.29, 1.82) is 0 Å². The van der Waals surface area contributed by atoms with Crippen molar-refractivity contribution in [2.45, 2.75) is 25.8 Å². The lowest BCUT2D eigenvalue weighted by Gasteiger charge is -2.43. The van der Waals surface area contributed by atoms with Crippen LogP contribution in [0.4, 0.5) is 4.39 Å². The number of hydrogen-bond donors (Lipinski definition) is 0. The third-order valence-electron chi connectivity index (χ3n) is 4.02. The van der Waals surface area contributed by atoms with Gasteiger partial charge in [-0.1, -0.05) is 6.07 Å². The van der Waals surface area contributed by atoms with E-state index in [1.165, 1.54) is 15.9 Å². The molecule has 110 valence electrons. The maximum atomic E-state index is 13.5. The van der Waals surface area contributed by atoms with Gasteiger partial charge in [-0.25, -0.2) is 4.39 Å². The van der Waals surface area contributed by atoms with Gasteiger partial charge in [-0.3, -0.25) is 19.3 Å². The number of rotatable bonds is 2. The Kier molecular flexibility index (Phi) is 3.23. The van der Waals surface area contributed by atoms with Gasteiger partial charge in [0.15, 0.2) is 0 Å². The van der Waals surface area contributed by atoms with Gasteiger partial charge >= 0.3 is 0 Å². The van der Waals surface area contributed by atoms with Crippen molar-refractivity contribution in [2.24, 2.45) is 0 Å². The average Bonchev–Trinajstić information content (AvgIpc) is 2.72. The number of hydrogen-bond acceptors (Lipinski definition) is 3. The van der Waals surface area contributed by atoms with Crippen LogP contribution < -0.4 is 0 Å². The van der Waals surface area contributed by atoms with Crippen molar-refractivity contribution in [1.82, 2.24) is 9.80 Å². The second kappa shape index (κ2) is 4.95. The van der Waals surface area contributed by atoms with E-state index in [-0.39, 0.29) is 42.2 Å². The van der Waals surface area contributed by atoms with Crippen LogP contribution in [0.3, 0.4) is 0 Å². The van der Waals surface area contributed by atoms with E-state index in [9.17, 15) is 18.8 Å². The normalized spacial score (nSPS) is 19.1. The number of aryl methyl sites for hydroxylation is 1. The highest BCUT2D eigenvalue weighted by Gasteiger charge is 2.42. The molecule has 1 aromatic carbocycles. The lowest BCUT2D eigenvalue weighted by atomic mass is 10.0. The van der Waals surface area contributed by atoms with E-state index in [1.54, 1.807) is 19.1 Å². The highest BCUT2D eigenvalue weighted by atomic mass is 19.1. The molecule has 1 aromatic rings. The van der Waals surface area contributed by atoms with Crippen LogP contribution in [0.2, 0.25) is 0 Å². The summed E-state index contributed by atoms with van der Waals surface area (Å²) in [5, 5.41) is 0. The van der Waals surface area contributed by atoms with Crippen molar-refractivity contribution >= 4 is 17.7 Å². The Balaban J connectivity index is 1.65. The first-order chi connectivity index (χ1) is 9.97. The molecular formula is C15H15FN2O3. The van der Waals surface area contributed by atoms with Crippen LogP contribution in [0.1, 0.15) is 28.8 Å². The number of benzene rings is 1. The standard InChI is InChI=1S/C15H15FN2O3/c1-9-2-3-10(6-12(9)16)15(21)17-7-11(8-17)18-13(19)4-5-14(18)20/h2-3,6,11H,4-5,7-8H2,1H3. The molecule has 6 heteroatoms. The minimum atomic E-state index is -0.414. The molecule has 21 heavy (non-hydrogen) atoms. The molecule has 2 aliphatic heterocycles. The molecule has 0 saturated carbocycles. The topological polar surface area (TPSA) is 57.7 Å². The predicted octanol–water partition coefficient (Wildman–Crippen LogP) is 1.11. The minimum Gasteiger partial charge on any atom is -0.334 e. The second-order valence-corrected chi connectivity index (χ2v) is 5.49. The van der Waals surface area contributed by atoms with Crippen LogP contribution >= 0.6 is 0 Å². The van der Waals surface area contributed by atoms with E-state index in [1.807, 2.05) is 0 Å². The van der Waals surface area contributed by atoms with E-state index in [0.29, 0.717) is 18.7 Å². The minimum absolute atomic E-state index is 0.168. The average molecular weight is 290 g/mol. The SMILES string of the molecule is Cc1ccc(C(=O)N2CC(N3C(=O)CCC3=O)C2)cc1F. The Bertz CT molecular complexity index is 622. The van der Waals surface area contributed by atoms with Gasteiger partial charge in [0.05, 0.1) is 6.04 Å². The van der Waals surface area contributed by atoms with Crippen LogP contribution in [-0.4, -0.2) is 46.7 Å². The van der Waals surface area contributed by atoms with Crippen LogP contribution in [0, 0.1) is 12.7 Å². The molecule has 2 saturated heterocycles. The van der Waals surface area contributed by atoms with Crippen LogP contribution in [0.5, 0.6) is 0 Å². The molecule has 3 rings (SSSR count). The molecule has 5 nitrogen and oxygen atoms in total.